The van der Waals surface area contributed by atoms with E-state index >= 15 is 0 Å². The molecule has 1 atom stereocenters. The molecule has 35 heavy (non-hydrogen) atoms. The number of hydrogen-bond acceptors (Lipinski definition) is 9. The molecule has 0 aliphatic rings. The molecule has 0 saturated carbocycles. The van der Waals surface area contributed by atoms with E-state index < -0.39 is 40.3 Å². The van der Waals surface area contributed by atoms with Crippen LogP contribution in [0, 0.1) is 0 Å². The van der Waals surface area contributed by atoms with E-state index in [9.17, 15) is 33.0 Å². The van der Waals surface area contributed by atoms with E-state index in [0.717, 1.165) is 0 Å². The molecule has 0 bridgehead atoms. The predicted molar refractivity (Wildman–Crippen MR) is 130 cm³/mol. The van der Waals surface area contributed by atoms with Crippen molar-refractivity contribution in [1.29, 1.82) is 0 Å². The molecule has 13 heteroatoms. The van der Waals surface area contributed by atoms with Crippen molar-refractivity contribution >= 4 is 40.5 Å². The third-order valence-electron chi connectivity index (χ3n) is 4.59. The SMILES string of the molecule is O=C(O)CN(OS(=O)(=O)Cc1ccccc1)[C@@H](Cc1ccc(O)cc1)C(=O)NCCNC(=O)CS. The second kappa shape index (κ2) is 13.7. The maximum atomic E-state index is 13.0. The number of phenols is 1. The number of rotatable bonds is 14. The molecule has 190 valence electrons. The molecule has 2 rings (SSSR count). The highest BCUT2D eigenvalue weighted by molar-refractivity contribution is 7.85. The second-order valence-electron chi connectivity index (χ2n) is 7.42. The fourth-order valence-electron chi connectivity index (χ4n) is 3.01. The quantitative estimate of drug-likeness (QED) is 0.133. The Bertz CT molecular complexity index is 1100. The molecule has 0 unspecified atom stereocenters. The maximum absolute atomic E-state index is 13.0. The van der Waals surface area contributed by atoms with E-state index in [4.69, 9.17) is 4.28 Å². The van der Waals surface area contributed by atoms with Crippen LogP contribution in [0.4, 0.5) is 0 Å². The van der Waals surface area contributed by atoms with Crippen molar-refractivity contribution in [1.82, 2.24) is 15.7 Å². The summed E-state index contributed by atoms with van der Waals surface area (Å²) < 4.78 is 30.5. The summed E-state index contributed by atoms with van der Waals surface area (Å²) in [7, 11) is -4.32. The van der Waals surface area contributed by atoms with Gasteiger partial charge in [0.15, 0.2) is 0 Å². The van der Waals surface area contributed by atoms with Crippen LogP contribution in [0.1, 0.15) is 11.1 Å². The zero-order chi connectivity index (χ0) is 25.8. The Balaban J connectivity index is 2.25. The van der Waals surface area contributed by atoms with Crippen molar-refractivity contribution in [2.75, 3.05) is 25.4 Å². The van der Waals surface area contributed by atoms with E-state index in [1.54, 1.807) is 30.3 Å². The minimum Gasteiger partial charge on any atom is -0.508 e. The van der Waals surface area contributed by atoms with Crippen LogP contribution in [0.5, 0.6) is 5.75 Å². The normalized spacial score (nSPS) is 12.2. The third-order valence-corrected chi connectivity index (χ3v) is 5.99. The average Bonchev–Trinajstić information content (AvgIpc) is 2.80. The summed E-state index contributed by atoms with van der Waals surface area (Å²) in [6.45, 7) is -0.814. The number of nitrogens with zero attached hydrogens (tertiary/aromatic N) is 1. The highest BCUT2D eigenvalue weighted by Gasteiger charge is 2.33. The number of carbonyl (C=O) groups is 3. The van der Waals surface area contributed by atoms with Crippen molar-refractivity contribution in [3.05, 3.63) is 65.7 Å². The summed E-state index contributed by atoms with van der Waals surface area (Å²) in [5.41, 5.74) is 0.938. The van der Waals surface area contributed by atoms with E-state index in [1.807, 2.05) is 0 Å². The Morgan fingerprint density at radius 3 is 2.20 bits per heavy atom. The van der Waals surface area contributed by atoms with Crippen LogP contribution < -0.4 is 10.6 Å². The smallest absolute Gasteiger partial charge is 0.320 e. The van der Waals surface area contributed by atoms with E-state index in [1.165, 1.54) is 24.3 Å². The summed E-state index contributed by atoms with van der Waals surface area (Å²) in [6, 6.07) is 12.6. The Hall–Kier alpha value is -3.13. The Morgan fingerprint density at radius 1 is 0.971 bits per heavy atom. The number of aromatic hydroxyl groups is 1. The van der Waals surface area contributed by atoms with Crippen LogP contribution in [0.25, 0.3) is 0 Å². The first-order valence-corrected chi connectivity index (χ1v) is 12.7. The minimum atomic E-state index is -4.32. The number of hydroxylamine groups is 2. The second-order valence-corrected chi connectivity index (χ2v) is 9.29. The molecule has 0 aromatic heterocycles. The Morgan fingerprint density at radius 2 is 1.60 bits per heavy atom. The molecule has 2 amide bonds. The first kappa shape index (κ1) is 28.1. The van der Waals surface area contributed by atoms with Gasteiger partial charge in [-0.25, -0.2) is 0 Å². The number of thiol groups is 1. The third kappa shape index (κ3) is 10.3. The van der Waals surface area contributed by atoms with Gasteiger partial charge in [-0.3, -0.25) is 14.4 Å². The van der Waals surface area contributed by atoms with Gasteiger partial charge in [-0.15, -0.1) is 5.06 Å². The standard InChI is InChI=1S/C22H27N3O8S2/c26-18-8-6-16(7-9-18)12-19(22(30)24-11-10-23-20(27)14-34)25(13-21(28)29)33-35(31,32)15-17-4-2-1-3-5-17/h1-9,19,26,34H,10-15H2,(H,23,27)(H,24,30)(H,28,29)/t19-/m0/s1. The number of benzene rings is 2. The number of carboxylic acid groups (broad SMARTS) is 1. The molecule has 4 N–H and O–H groups in total. The number of carbonyl (C=O) groups excluding carboxylic acids is 2. The number of hydrogen-bond donors (Lipinski definition) is 5. The van der Waals surface area contributed by atoms with Crippen LogP contribution in [-0.4, -0.2) is 72.9 Å². The molecule has 0 spiro atoms. The molecule has 0 saturated heterocycles. The van der Waals surface area contributed by atoms with Crippen LogP contribution in [0.15, 0.2) is 54.6 Å². The molecule has 0 radical (unpaired) electrons. The summed E-state index contributed by atoms with van der Waals surface area (Å²) in [5, 5.41) is 24.6. The number of phenolic OH excluding ortho intramolecular Hbond substituents is 1. The fourth-order valence-corrected chi connectivity index (χ4v) is 4.23. The lowest BCUT2D eigenvalue weighted by Gasteiger charge is -2.28. The van der Waals surface area contributed by atoms with Gasteiger partial charge >= 0.3 is 5.97 Å². The van der Waals surface area contributed by atoms with Gasteiger partial charge in [0, 0.05) is 13.1 Å². The average molecular weight is 526 g/mol. The lowest BCUT2D eigenvalue weighted by Crippen LogP contribution is -2.51. The van der Waals surface area contributed by atoms with Gasteiger partial charge in [0.05, 0.1) is 5.75 Å². The highest BCUT2D eigenvalue weighted by Crippen LogP contribution is 2.17. The molecule has 0 fully saturated rings. The molecule has 2 aromatic rings. The molecular weight excluding hydrogens is 498 g/mol. The van der Waals surface area contributed by atoms with Gasteiger partial charge < -0.3 is 20.8 Å². The Kier molecular flexibility index (Phi) is 11.0. The van der Waals surface area contributed by atoms with Gasteiger partial charge in [-0.1, -0.05) is 42.5 Å². The molecule has 0 aliphatic carbocycles. The summed E-state index contributed by atoms with van der Waals surface area (Å²) in [4.78, 5) is 35.8. The van der Waals surface area contributed by atoms with Crippen molar-refractivity contribution in [3.63, 3.8) is 0 Å². The van der Waals surface area contributed by atoms with Crippen molar-refractivity contribution < 1.29 is 37.3 Å². The van der Waals surface area contributed by atoms with Gasteiger partial charge in [0.25, 0.3) is 10.1 Å². The lowest BCUT2D eigenvalue weighted by molar-refractivity contribution is -0.158. The Labute approximate surface area is 208 Å². The number of carboxylic acids is 1. The maximum Gasteiger partial charge on any atom is 0.320 e. The van der Waals surface area contributed by atoms with Crippen LogP contribution in [0.2, 0.25) is 0 Å². The fraction of sp³-hybridized carbons (Fsp3) is 0.318. The van der Waals surface area contributed by atoms with Gasteiger partial charge in [-0.05, 0) is 29.7 Å². The first-order chi connectivity index (χ1) is 16.6. The monoisotopic (exact) mass is 525 g/mol. The lowest BCUT2D eigenvalue weighted by atomic mass is 10.0. The molecular formula is C22H27N3O8S2. The van der Waals surface area contributed by atoms with E-state index in [2.05, 4.69) is 23.3 Å². The number of nitrogens with one attached hydrogen (secondary N) is 2. The van der Waals surface area contributed by atoms with Gasteiger partial charge in [0.1, 0.15) is 24.1 Å². The molecule has 2 aromatic carbocycles. The van der Waals surface area contributed by atoms with Crippen LogP contribution in [-0.2, 0) is 41.0 Å². The molecule has 0 heterocycles. The molecule has 11 nitrogen and oxygen atoms in total. The van der Waals surface area contributed by atoms with E-state index in [-0.39, 0.29) is 36.9 Å². The number of amides is 2. The molecule has 0 aliphatic heterocycles. The summed E-state index contributed by atoms with van der Waals surface area (Å²) in [5.74, 6) is -3.05. The first-order valence-electron chi connectivity index (χ1n) is 10.5. The van der Waals surface area contributed by atoms with Crippen LogP contribution >= 0.6 is 12.6 Å². The topological polar surface area (TPSA) is 162 Å². The van der Waals surface area contributed by atoms with Crippen molar-refractivity contribution in [2.45, 2.75) is 18.2 Å². The summed E-state index contributed by atoms with van der Waals surface area (Å²) in [6.07, 6.45) is -0.122. The zero-order valence-corrected chi connectivity index (χ0v) is 20.4. The zero-order valence-electron chi connectivity index (χ0n) is 18.7. The van der Waals surface area contributed by atoms with Gasteiger partial charge in [-0.2, -0.15) is 25.3 Å². The van der Waals surface area contributed by atoms with Crippen molar-refractivity contribution in [3.8, 4) is 5.75 Å². The van der Waals surface area contributed by atoms with E-state index in [0.29, 0.717) is 16.2 Å². The van der Waals surface area contributed by atoms with Gasteiger partial charge in [0.2, 0.25) is 11.8 Å². The predicted octanol–water partition coefficient (Wildman–Crippen LogP) is 0.314. The largest absolute Gasteiger partial charge is 0.508 e. The highest BCUT2D eigenvalue weighted by atomic mass is 32.2. The number of aliphatic carboxylic acids is 1. The van der Waals surface area contributed by atoms with Crippen molar-refractivity contribution in [2.24, 2.45) is 0 Å². The summed E-state index contributed by atoms with van der Waals surface area (Å²) >= 11 is 3.83. The minimum absolute atomic E-state index is 0.00209. The van der Waals surface area contributed by atoms with Crippen LogP contribution in [0.3, 0.4) is 0 Å².